The standard InChI is InChI=1S/C13H26N4/c1-3-4-5-6-7-8-9-12(16-14)13-10-17(2)11-15-13/h10-12,16H,3-9,14H2,1-2H3. The zero-order valence-electron chi connectivity index (χ0n) is 11.2. The number of rotatable bonds is 9. The Morgan fingerprint density at radius 3 is 2.59 bits per heavy atom. The van der Waals surface area contributed by atoms with Crippen molar-refractivity contribution in [3.63, 3.8) is 0 Å². The van der Waals surface area contributed by atoms with Crippen LogP contribution in [0.25, 0.3) is 0 Å². The van der Waals surface area contributed by atoms with Gasteiger partial charge in [0.15, 0.2) is 0 Å². The van der Waals surface area contributed by atoms with Gasteiger partial charge in [0.1, 0.15) is 0 Å². The van der Waals surface area contributed by atoms with Gasteiger partial charge in [0.2, 0.25) is 0 Å². The van der Waals surface area contributed by atoms with Crippen molar-refractivity contribution in [3.05, 3.63) is 18.2 Å². The first-order valence-corrected chi connectivity index (χ1v) is 6.72. The zero-order chi connectivity index (χ0) is 12.5. The maximum atomic E-state index is 5.58. The molecule has 0 radical (unpaired) electrons. The SMILES string of the molecule is CCCCCCCCC(NN)c1cn(C)cn1. The van der Waals surface area contributed by atoms with Crippen LogP contribution in [0.1, 0.15) is 63.6 Å². The van der Waals surface area contributed by atoms with E-state index in [1.807, 2.05) is 24.1 Å². The molecule has 1 aromatic heterocycles. The molecular weight excluding hydrogens is 212 g/mol. The lowest BCUT2D eigenvalue weighted by atomic mass is 10.0. The molecule has 0 saturated carbocycles. The Morgan fingerprint density at radius 2 is 2.00 bits per heavy atom. The zero-order valence-corrected chi connectivity index (χ0v) is 11.2. The number of nitrogens with two attached hydrogens (primary N) is 1. The lowest BCUT2D eigenvalue weighted by molar-refractivity contribution is 0.469. The quantitative estimate of drug-likeness (QED) is 0.395. The Bertz CT molecular complexity index is 295. The second kappa shape index (κ2) is 8.25. The van der Waals surface area contributed by atoms with Crippen LogP contribution in [0.5, 0.6) is 0 Å². The van der Waals surface area contributed by atoms with Crippen LogP contribution < -0.4 is 11.3 Å². The van der Waals surface area contributed by atoms with Gasteiger partial charge >= 0.3 is 0 Å². The Morgan fingerprint density at radius 1 is 1.29 bits per heavy atom. The summed E-state index contributed by atoms with van der Waals surface area (Å²) < 4.78 is 1.96. The molecule has 1 rings (SSSR count). The Balaban J connectivity index is 2.19. The van der Waals surface area contributed by atoms with Gasteiger partial charge in [0.25, 0.3) is 0 Å². The van der Waals surface area contributed by atoms with Gasteiger partial charge < -0.3 is 4.57 Å². The van der Waals surface area contributed by atoms with Gasteiger partial charge in [-0.25, -0.2) is 4.98 Å². The van der Waals surface area contributed by atoms with Crippen LogP contribution >= 0.6 is 0 Å². The summed E-state index contributed by atoms with van der Waals surface area (Å²) in [7, 11) is 1.98. The molecule has 0 spiro atoms. The van der Waals surface area contributed by atoms with Crippen LogP contribution in [0.3, 0.4) is 0 Å². The predicted molar refractivity (Wildman–Crippen MR) is 71.3 cm³/mol. The topological polar surface area (TPSA) is 55.9 Å². The third kappa shape index (κ3) is 5.33. The first kappa shape index (κ1) is 14.2. The van der Waals surface area contributed by atoms with Gasteiger partial charge in [-0.3, -0.25) is 11.3 Å². The highest BCUT2D eigenvalue weighted by Gasteiger charge is 2.11. The van der Waals surface area contributed by atoms with Gasteiger partial charge in [0, 0.05) is 13.2 Å². The molecule has 98 valence electrons. The van der Waals surface area contributed by atoms with E-state index in [2.05, 4.69) is 17.3 Å². The van der Waals surface area contributed by atoms with Gasteiger partial charge in [-0.1, -0.05) is 45.4 Å². The number of aromatic nitrogens is 2. The summed E-state index contributed by atoms with van der Waals surface area (Å²) in [6.07, 6.45) is 12.8. The number of hydrogen-bond donors (Lipinski definition) is 2. The number of hydrazine groups is 1. The molecule has 0 aromatic carbocycles. The van der Waals surface area contributed by atoms with E-state index >= 15 is 0 Å². The fraction of sp³-hybridized carbons (Fsp3) is 0.769. The Hall–Kier alpha value is -0.870. The molecule has 0 amide bonds. The highest BCUT2D eigenvalue weighted by Crippen LogP contribution is 2.17. The number of unbranched alkanes of at least 4 members (excludes halogenated alkanes) is 5. The molecule has 0 saturated heterocycles. The van der Waals surface area contributed by atoms with Crippen molar-refractivity contribution in [1.82, 2.24) is 15.0 Å². The summed E-state index contributed by atoms with van der Waals surface area (Å²) in [5.41, 5.74) is 3.90. The first-order chi connectivity index (χ1) is 8.27. The van der Waals surface area contributed by atoms with Gasteiger partial charge in [-0.15, -0.1) is 0 Å². The minimum atomic E-state index is 0.197. The molecule has 17 heavy (non-hydrogen) atoms. The van der Waals surface area contributed by atoms with E-state index in [9.17, 15) is 0 Å². The summed E-state index contributed by atoms with van der Waals surface area (Å²) in [6.45, 7) is 2.25. The van der Waals surface area contributed by atoms with E-state index in [1.165, 1.54) is 38.5 Å². The smallest absolute Gasteiger partial charge is 0.0947 e. The van der Waals surface area contributed by atoms with Crippen LogP contribution in [-0.4, -0.2) is 9.55 Å². The number of hydrogen-bond acceptors (Lipinski definition) is 3. The molecule has 0 fully saturated rings. The number of nitrogens with one attached hydrogen (secondary N) is 1. The van der Waals surface area contributed by atoms with Crippen molar-refractivity contribution in [1.29, 1.82) is 0 Å². The average Bonchev–Trinajstić information content (AvgIpc) is 2.75. The van der Waals surface area contributed by atoms with Crippen molar-refractivity contribution in [2.45, 2.75) is 57.9 Å². The molecule has 3 N–H and O–H groups in total. The van der Waals surface area contributed by atoms with E-state index in [-0.39, 0.29) is 6.04 Å². The van der Waals surface area contributed by atoms with Crippen molar-refractivity contribution in [3.8, 4) is 0 Å². The number of imidazole rings is 1. The van der Waals surface area contributed by atoms with Crippen LogP contribution in [0.2, 0.25) is 0 Å². The minimum Gasteiger partial charge on any atom is -0.340 e. The molecule has 1 heterocycles. The van der Waals surface area contributed by atoms with Crippen LogP contribution in [0, 0.1) is 0 Å². The molecule has 1 aromatic rings. The van der Waals surface area contributed by atoms with Gasteiger partial charge in [0.05, 0.1) is 18.1 Å². The molecular formula is C13H26N4. The van der Waals surface area contributed by atoms with Crippen LogP contribution in [0.4, 0.5) is 0 Å². The molecule has 0 aliphatic rings. The van der Waals surface area contributed by atoms with E-state index in [0.29, 0.717) is 0 Å². The van der Waals surface area contributed by atoms with E-state index in [0.717, 1.165) is 12.1 Å². The maximum Gasteiger partial charge on any atom is 0.0947 e. The van der Waals surface area contributed by atoms with Gasteiger partial charge in [-0.05, 0) is 6.42 Å². The number of nitrogens with zero attached hydrogens (tertiary/aromatic N) is 2. The Labute approximate surface area is 105 Å². The maximum absolute atomic E-state index is 5.58. The van der Waals surface area contributed by atoms with E-state index in [1.54, 1.807) is 0 Å². The fourth-order valence-corrected chi connectivity index (χ4v) is 2.06. The molecule has 4 heteroatoms. The molecule has 0 bridgehead atoms. The lowest BCUT2D eigenvalue weighted by Gasteiger charge is -2.13. The van der Waals surface area contributed by atoms with Crippen LogP contribution in [0.15, 0.2) is 12.5 Å². The highest BCUT2D eigenvalue weighted by atomic mass is 15.2. The predicted octanol–water partition coefficient (Wildman–Crippen LogP) is 2.68. The average molecular weight is 238 g/mol. The molecule has 1 unspecified atom stereocenters. The van der Waals surface area contributed by atoms with E-state index < -0.39 is 0 Å². The number of aryl methyl sites for hydroxylation is 1. The summed E-state index contributed by atoms with van der Waals surface area (Å²) in [5.74, 6) is 5.58. The summed E-state index contributed by atoms with van der Waals surface area (Å²) in [4.78, 5) is 4.34. The lowest BCUT2D eigenvalue weighted by Crippen LogP contribution is -2.28. The summed E-state index contributed by atoms with van der Waals surface area (Å²) >= 11 is 0. The molecule has 0 aliphatic carbocycles. The van der Waals surface area contributed by atoms with E-state index in [4.69, 9.17) is 5.84 Å². The third-order valence-electron chi connectivity index (χ3n) is 3.13. The molecule has 1 atom stereocenters. The summed E-state index contributed by atoms with van der Waals surface area (Å²) in [5, 5.41) is 0. The Kier molecular flexibility index (Phi) is 6.89. The highest BCUT2D eigenvalue weighted by molar-refractivity contribution is 5.02. The second-order valence-electron chi connectivity index (χ2n) is 4.74. The summed E-state index contributed by atoms with van der Waals surface area (Å²) in [6, 6.07) is 0.197. The normalized spacial score (nSPS) is 12.9. The van der Waals surface area contributed by atoms with Crippen molar-refractivity contribution < 1.29 is 0 Å². The molecule has 4 nitrogen and oxygen atoms in total. The van der Waals surface area contributed by atoms with Crippen molar-refractivity contribution in [2.75, 3.05) is 0 Å². The largest absolute Gasteiger partial charge is 0.340 e. The monoisotopic (exact) mass is 238 g/mol. The minimum absolute atomic E-state index is 0.197. The first-order valence-electron chi connectivity index (χ1n) is 6.72. The second-order valence-corrected chi connectivity index (χ2v) is 4.74. The molecule has 0 aliphatic heterocycles. The fourth-order valence-electron chi connectivity index (χ4n) is 2.06. The van der Waals surface area contributed by atoms with Crippen molar-refractivity contribution in [2.24, 2.45) is 12.9 Å². The van der Waals surface area contributed by atoms with Gasteiger partial charge in [-0.2, -0.15) is 0 Å². The van der Waals surface area contributed by atoms with Crippen LogP contribution in [-0.2, 0) is 7.05 Å². The van der Waals surface area contributed by atoms with Crippen molar-refractivity contribution >= 4 is 0 Å². The third-order valence-corrected chi connectivity index (χ3v) is 3.13.